The fraction of sp³-hybridized carbons (Fsp3) is 0.214. The number of nitro groups is 1. The normalized spacial score (nSPS) is 10.3. The van der Waals surface area contributed by atoms with Crippen molar-refractivity contribution in [3.8, 4) is 17.5 Å². The summed E-state index contributed by atoms with van der Waals surface area (Å²) < 4.78 is 7.13. The summed E-state index contributed by atoms with van der Waals surface area (Å²) in [6, 6.07) is 10.0. The summed E-state index contributed by atoms with van der Waals surface area (Å²) >= 11 is 0. The van der Waals surface area contributed by atoms with Gasteiger partial charge in [0.15, 0.2) is 5.75 Å². The summed E-state index contributed by atoms with van der Waals surface area (Å²) in [4.78, 5) is 10.5. The summed E-state index contributed by atoms with van der Waals surface area (Å²) in [5, 5.41) is 20.0. The molecule has 0 amide bonds. The lowest BCUT2D eigenvalue weighted by molar-refractivity contribution is -0.386. The van der Waals surface area contributed by atoms with E-state index in [1.165, 1.54) is 6.07 Å². The van der Waals surface area contributed by atoms with Gasteiger partial charge in [0.2, 0.25) is 0 Å². The third-order valence-corrected chi connectivity index (χ3v) is 2.64. The van der Waals surface area contributed by atoms with Crippen molar-refractivity contribution < 1.29 is 9.66 Å². The van der Waals surface area contributed by atoms with Crippen molar-refractivity contribution in [1.82, 2.24) is 4.57 Å². The Hall–Kier alpha value is -2.81. The minimum atomic E-state index is -0.484. The smallest absolute Gasteiger partial charge is 0.311 e. The Labute approximate surface area is 116 Å². The minimum absolute atomic E-state index is 0.0897. The number of rotatable bonds is 4. The summed E-state index contributed by atoms with van der Waals surface area (Å²) in [5.41, 5.74) is 1.01. The van der Waals surface area contributed by atoms with Gasteiger partial charge in [-0.3, -0.25) is 10.1 Å². The van der Waals surface area contributed by atoms with Gasteiger partial charge in [-0.25, -0.2) is 0 Å². The lowest BCUT2D eigenvalue weighted by atomic mass is 10.2. The van der Waals surface area contributed by atoms with Crippen molar-refractivity contribution in [2.45, 2.75) is 20.0 Å². The van der Waals surface area contributed by atoms with E-state index in [0.29, 0.717) is 11.4 Å². The van der Waals surface area contributed by atoms with Crippen molar-refractivity contribution in [3.05, 3.63) is 52.3 Å². The number of nitriles is 1. The minimum Gasteiger partial charge on any atom is -0.484 e. The van der Waals surface area contributed by atoms with Crippen LogP contribution >= 0.6 is 0 Å². The van der Waals surface area contributed by atoms with Gasteiger partial charge in [0.1, 0.15) is 11.8 Å². The number of ether oxygens (including phenoxy) is 1. The summed E-state index contributed by atoms with van der Waals surface area (Å²) in [7, 11) is 0. The summed E-state index contributed by atoms with van der Waals surface area (Å²) in [6.45, 7) is 3.60. The average molecular weight is 271 g/mol. The lowest BCUT2D eigenvalue weighted by Gasteiger charge is -2.12. The highest BCUT2D eigenvalue weighted by Gasteiger charge is 2.17. The van der Waals surface area contributed by atoms with Crippen LogP contribution < -0.4 is 4.74 Å². The van der Waals surface area contributed by atoms with Crippen LogP contribution in [0.4, 0.5) is 5.69 Å². The van der Waals surface area contributed by atoms with Crippen LogP contribution in [-0.2, 0) is 0 Å². The SMILES string of the molecule is CC(C)Oc1cc(-n2cccc2C#N)ccc1[N+](=O)[O-]. The van der Waals surface area contributed by atoms with E-state index in [9.17, 15) is 10.1 Å². The van der Waals surface area contributed by atoms with E-state index < -0.39 is 4.92 Å². The standard InChI is InChI=1S/C14H13N3O3/c1-10(2)20-14-8-11(5-6-13(14)17(18)19)16-7-3-4-12(16)9-15/h3-8,10H,1-2H3. The fourth-order valence-corrected chi connectivity index (χ4v) is 1.85. The maximum atomic E-state index is 11.0. The Morgan fingerprint density at radius 1 is 1.40 bits per heavy atom. The Morgan fingerprint density at radius 3 is 2.75 bits per heavy atom. The van der Waals surface area contributed by atoms with Crippen molar-refractivity contribution in [2.75, 3.05) is 0 Å². The molecule has 0 aliphatic heterocycles. The van der Waals surface area contributed by atoms with E-state index in [1.807, 2.05) is 0 Å². The molecule has 0 bridgehead atoms. The molecule has 0 unspecified atom stereocenters. The Balaban J connectivity index is 2.52. The van der Waals surface area contributed by atoms with Crippen LogP contribution in [0.15, 0.2) is 36.5 Å². The van der Waals surface area contributed by atoms with Crippen LogP contribution in [0.1, 0.15) is 19.5 Å². The Kier molecular flexibility index (Phi) is 3.71. The zero-order valence-corrected chi connectivity index (χ0v) is 11.1. The van der Waals surface area contributed by atoms with Crippen molar-refractivity contribution in [1.29, 1.82) is 5.26 Å². The second kappa shape index (κ2) is 5.45. The lowest BCUT2D eigenvalue weighted by Crippen LogP contribution is -2.08. The second-order valence-electron chi connectivity index (χ2n) is 4.45. The highest BCUT2D eigenvalue weighted by atomic mass is 16.6. The first-order chi connectivity index (χ1) is 9.52. The van der Waals surface area contributed by atoms with Crippen molar-refractivity contribution in [2.24, 2.45) is 0 Å². The number of hydrogen-bond acceptors (Lipinski definition) is 4. The first kappa shape index (κ1) is 13.6. The number of aromatic nitrogens is 1. The van der Waals surface area contributed by atoms with Gasteiger partial charge in [-0.1, -0.05) is 0 Å². The molecule has 2 aromatic rings. The first-order valence-electron chi connectivity index (χ1n) is 6.06. The van der Waals surface area contributed by atoms with Crippen molar-refractivity contribution >= 4 is 5.69 Å². The fourth-order valence-electron chi connectivity index (χ4n) is 1.85. The highest BCUT2D eigenvalue weighted by Crippen LogP contribution is 2.30. The second-order valence-corrected chi connectivity index (χ2v) is 4.45. The van der Waals surface area contributed by atoms with E-state index in [-0.39, 0.29) is 17.5 Å². The summed E-state index contributed by atoms with van der Waals surface area (Å²) in [6.07, 6.45) is 1.54. The Morgan fingerprint density at radius 2 is 2.15 bits per heavy atom. The third kappa shape index (κ3) is 2.62. The van der Waals surface area contributed by atoms with Crippen LogP contribution in [0.25, 0.3) is 5.69 Å². The van der Waals surface area contributed by atoms with Crippen LogP contribution in [0.5, 0.6) is 5.75 Å². The molecule has 0 aliphatic rings. The van der Waals surface area contributed by atoms with Crippen LogP contribution in [0.2, 0.25) is 0 Å². The van der Waals surface area contributed by atoms with Crippen LogP contribution in [0, 0.1) is 21.4 Å². The molecule has 0 radical (unpaired) electrons. The van der Waals surface area contributed by atoms with Gasteiger partial charge in [-0.05, 0) is 32.0 Å². The van der Waals surface area contributed by atoms with E-state index in [1.54, 1.807) is 48.9 Å². The molecule has 2 rings (SSSR count). The van der Waals surface area contributed by atoms with Gasteiger partial charge in [0, 0.05) is 18.3 Å². The number of nitrogens with zero attached hydrogens (tertiary/aromatic N) is 3. The van der Waals surface area contributed by atoms with Gasteiger partial charge in [-0.15, -0.1) is 0 Å². The third-order valence-electron chi connectivity index (χ3n) is 2.64. The topological polar surface area (TPSA) is 81.1 Å². The van der Waals surface area contributed by atoms with Crippen LogP contribution in [-0.4, -0.2) is 15.6 Å². The molecular formula is C14H13N3O3. The van der Waals surface area contributed by atoms with Gasteiger partial charge >= 0.3 is 5.69 Å². The highest BCUT2D eigenvalue weighted by molar-refractivity contribution is 5.54. The molecule has 0 saturated carbocycles. The first-order valence-corrected chi connectivity index (χ1v) is 6.06. The van der Waals surface area contributed by atoms with E-state index >= 15 is 0 Å². The maximum absolute atomic E-state index is 11.0. The predicted octanol–water partition coefficient (Wildman–Crippen LogP) is 3.04. The summed E-state index contributed by atoms with van der Waals surface area (Å²) in [5.74, 6) is 0.195. The van der Waals surface area contributed by atoms with Gasteiger partial charge in [0.05, 0.1) is 16.7 Å². The molecule has 1 heterocycles. The largest absolute Gasteiger partial charge is 0.484 e. The molecule has 0 spiro atoms. The number of hydrogen-bond donors (Lipinski definition) is 0. The van der Waals surface area contributed by atoms with E-state index in [0.717, 1.165) is 0 Å². The van der Waals surface area contributed by atoms with Gasteiger partial charge in [-0.2, -0.15) is 5.26 Å². The number of benzene rings is 1. The monoisotopic (exact) mass is 271 g/mol. The molecular weight excluding hydrogens is 258 g/mol. The van der Waals surface area contributed by atoms with Gasteiger partial charge in [0.25, 0.3) is 0 Å². The molecule has 1 aromatic carbocycles. The van der Waals surface area contributed by atoms with Gasteiger partial charge < -0.3 is 9.30 Å². The van der Waals surface area contributed by atoms with E-state index in [4.69, 9.17) is 10.00 Å². The molecule has 0 atom stereocenters. The molecule has 20 heavy (non-hydrogen) atoms. The predicted molar refractivity (Wildman–Crippen MR) is 72.9 cm³/mol. The maximum Gasteiger partial charge on any atom is 0.311 e. The zero-order chi connectivity index (χ0) is 14.7. The van der Waals surface area contributed by atoms with Crippen molar-refractivity contribution in [3.63, 3.8) is 0 Å². The molecule has 1 aromatic heterocycles. The number of nitro benzene ring substituents is 1. The molecule has 0 aliphatic carbocycles. The molecule has 0 fully saturated rings. The molecule has 0 saturated heterocycles. The molecule has 102 valence electrons. The molecule has 0 N–H and O–H groups in total. The molecule has 6 heteroatoms. The Bertz CT molecular complexity index is 683. The van der Waals surface area contributed by atoms with E-state index in [2.05, 4.69) is 6.07 Å². The average Bonchev–Trinajstić information content (AvgIpc) is 2.85. The quantitative estimate of drug-likeness (QED) is 0.632. The molecule has 6 nitrogen and oxygen atoms in total. The van der Waals surface area contributed by atoms with Crippen LogP contribution in [0.3, 0.4) is 0 Å². The zero-order valence-electron chi connectivity index (χ0n) is 11.1.